The maximum absolute atomic E-state index is 12.6. The third kappa shape index (κ3) is 5.82. The number of alkyl halides is 3. The molecule has 4 rings (SSSR count). The quantitative estimate of drug-likeness (QED) is 0.341. The van der Waals surface area contributed by atoms with Gasteiger partial charge >= 0.3 is 6.36 Å². The van der Waals surface area contributed by atoms with Crippen LogP contribution in [-0.2, 0) is 4.79 Å². The van der Waals surface area contributed by atoms with E-state index in [0.29, 0.717) is 23.6 Å². The number of anilines is 1. The van der Waals surface area contributed by atoms with Crippen molar-refractivity contribution < 1.29 is 27.1 Å². The number of aromatic nitrogens is 4. The molecule has 0 unspecified atom stereocenters. The Morgan fingerprint density at radius 2 is 1.82 bits per heavy atom. The molecule has 0 aliphatic carbocycles. The van der Waals surface area contributed by atoms with Crippen LogP contribution in [0.4, 0.5) is 23.4 Å². The van der Waals surface area contributed by atoms with Crippen LogP contribution in [0.3, 0.4) is 0 Å². The number of nitrogens with zero attached hydrogens (tertiary/aromatic N) is 4. The van der Waals surface area contributed by atoms with Gasteiger partial charge in [-0.1, -0.05) is 12.1 Å². The van der Waals surface area contributed by atoms with Crippen LogP contribution >= 0.6 is 0 Å². The molecule has 3 aromatic heterocycles. The molecule has 0 aliphatic heterocycles. The van der Waals surface area contributed by atoms with Gasteiger partial charge in [-0.2, -0.15) is 5.10 Å². The second kappa shape index (κ2) is 9.63. The fourth-order valence-electron chi connectivity index (χ4n) is 2.93. The molecule has 0 fully saturated rings. The molecule has 0 saturated carbocycles. The van der Waals surface area contributed by atoms with E-state index >= 15 is 0 Å². The monoisotopic (exact) mass is 461 g/mol. The summed E-state index contributed by atoms with van der Waals surface area (Å²) in [5.41, 5.74) is 3.87. The normalized spacial score (nSPS) is 11.0. The molecule has 7 nitrogen and oxygen atoms in total. The molecule has 3 heterocycles. The topological polar surface area (TPSA) is 81.4 Å². The zero-order valence-electron chi connectivity index (χ0n) is 17.8. The number of nitrogens with one attached hydrogen (secondary N) is 1. The van der Waals surface area contributed by atoms with E-state index in [2.05, 4.69) is 25.1 Å². The molecule has 0 atom stereocenters. The van der Waals surface area contributed by atoms with Gasteiger partial charge in [-0.25, -0.2) is 18.9 Å². The smallest absolute Gasteiger partial charge is 0.405 e. The number of ether oxygens (including phenoxy) is 1. The first kappa shape index (κ1) is 23.6. The Hall–Kier alpha value is -4.02. The number of fused-ring (bicyclic) bond motifs is 1. The third-order valence-corrected chi connectivity index (χ3v) is 4.55. The van der Waals surface area contributed by atoms with Gasteiger partial charge in [0.25, 0.3) is 0 Å². The van der Waals surface area contributed by atoms with Crippen molar-refractivity contribution in [3.8, 4) is 17.0 Å². The molecule has 0 aliphatic rings. The predicted molar refractivity (Wildman–Crippen MR) is 113 cm³/mol. The molecular formula is C22H19F4N5O2. The molecule has 33 heavy (non-hydrogen) atoms. The summed E-state index contributed by atoms with van der Waals surface area (Å²) in [7, 11) is 0. The second-order valence-corrected chi connectivity index (χ2v) is 6.90. The maximum Gasteiger partial charge on any atom is 0.573 e. The Balaban J connectivity index is 0.000000257. The molecule has 1 N–H and O–H groups in total. The number of amides is 1. The van der Waals surface area contributed by atoms with Crippen LogP contribution in [0.2, 0.25) is 0 Å². The van der Waals surface area contributed by atoms with Crippen LogP contribution in [0.5, 0.6) is 5.75 Å². The van der Waals surface area contributed by atoms with Gasteiger partial charge in [-0.05, 0) is 56.7 Å². The standard InChI is InChI=1S/C16H14F3N3O.C6H5FN2O/c1-9-8-13(21-22-11(3)10(2)20-15(9)22)12-6-4-5-7-14(12)23-16(17,18)19;7-5-1-2-6(8-3-5)9-4-10/h4-8H,1-3H3;1-4H,(H,8,9,10). The average molecular weight is 461 g/mol. The highest BCUT2D eigenvalue weighted by molar-refractivity contribution is 5.69. The third-order valence-electron chi connectivity index (χ3n) is 4.55. The Morgan fingerprint density at radius 1 is 1.09 bits per heavy atom. The summed E-state index contributed by atoms with van der Waals surface area (Å²) < 4.78 is 55.6. The van der Waals surface area contributed by atoms with E-state index in [1.807, 2.05) is 20.8 Å². The van der Waals surface area contributed by atoms with Crippen molar-refractivity contribution in [2.75, 3.05) is 5.32 Å². The Kier molecular flexibility index (Phi) is 6.90. The molecule has 172 valence electrons. The lowest BCUT2D eigenvalue weighted by molar-refractivity contribution is -0.274. The number of benzene rings is 1. The van der Waals surface area contributed by atoms with E-state index in [0.717, 1.165) is 23.1 Å². The molecule has 4 aromatic rings. The van der Waals surface area contributed by atoms with E-state index < -0.39 is 12.2 Å². The number of carbonyl (C=O) groups is 1. The molecule has 1 aromatic carbocycles. The van der Waals surface area contributed by atoms with Crippen molar-refractivity contribution >= 4 is 17.9 Å². The zero-order chi connectivity index (χ0) is 24.2. The number of para-hydroxylation sites is 1. The number of aryl methyl sites for hydroxylation is 3. The van der Waals surface area contributed by atoms with Crippen molar-refractivity contribution in [2.24, 2.45) is 0 Å². The minimum absolute atomic E-state index is 0.277. The minimum Gasteiger partial charge on any atom is -0.405 e. The van der Waals surface area contributed by atoms with Crippen molar-refractivity contribution in [2.45, 2.75) is 27.1 Å². The largest absolute Gasteiger partial charge is 0.573 e. The van der Waals surface area contributed by atoms with Crippen molar-refractivity contribution in [3.63, 3.8) is 0 Å². The highest BCUT2D eigenvalue weighted by atomic mass is 19.4. The summed E-state index contributed by atoms with van der Waals surface area (Å²) in [6.45, 7) is 5.58. The fourth-order valence-corrected chi connectivity index (χ4v) is 2.93. The number of pyridine rings is 1. The zero-order valence-corrected chi connectivity index (χ0v) is 17.8. The Labute approximate surface area is 186 Å². The fraction of sp³-hybridized carbons (Fsp3) is 0.182. The Morgan fingerprint density at radius 3 is 2.45 bits per heavy atom. The number of carbonyl (C=O) groups excluding carboxylic acids is 1. The lowest BCUT2D eigenvalue weighted by atomic mass is 10.1. The van der Waals surface area contributed by atoms with E-state index in [4.69, 9.17) is 0 Å². The van der Waals surface area contributed by atoms with Crippen LogP contribution in [0, 0.1) is 26.6 Å². The van der Waals surface area contributed by atoms with Gasteiger partial charge in [0.1, 0.15) is 17.4 Å². The van der Waals surface area contributed by atoms with Gasteiger partial charge in [0.2, 0.25) is 6.41 Å². The van der Waals surface area contributed by atoms with E-state index in [9.17, 15) is 22.4 Å². The van der Waals surface area contributed by atoms with E-state index in [1.165, 1.54) is 24.3 Å². The SMILES string of the molecule is Cc1nc2c(C)cc(-c3ccccc3OC(F)(F)F)nn2c1C.O=CNc1ccc(F)cn1. The molecule has 0 bridgehead atoms. The second-order valence-electron chi connectivity index (χ2n) is 6.90. The van der Waals surface area contributed by atoms with Crippen LogP contribution in [0.15, 0.2) is 48.7 Å². The predicted octanol–water partition coefficient (Wildman–Crippen LogP) is 5.01. The van der Waals surface area contributed by atoms with E-state index in [-0.39, 0.29) is 11.3 Å². The molecule has 0 saturated heterocycles. The number of imidazole rings is 1. The number of rotatable bonds is 4. The van der Waals surface area contributed by atoms with Crippen molar-refractivity contribution in [1.82, 2.24) is 19.6 Å². The molecule has 1 amide bonds. The van der Waals surface area contributed by atoms with Crippen molar-refractivity contribution in [3.05, 3.63) is 71.4 Å². The van der Waals surface area contributed by atoms with Gasteiger partial charge in [0, 0.05) is 5.56 Å². The first-order chi connectivity index (χ1) is 15.6. The first-order valence-corrected chi connectivity index (χ1v) is 9.59. The van der Waals surface area contributed by atoms with Crippen molar-refractivity contribution in [1.29, 1.82) is 0 Å². The van der Waals surface area contributed by atoms with Crippen LogP contribution in [0.1, 0.15) is 17.0 Å². The number of halogens is 4. The average Bonchev–Trinajstić information content (AvgIpc) is 3.04. The van der Waals surface area contributed by atoms with Gasteiger partial charge in [0.05, 0.1) is 23.3 Å². The minimum atomic E-state index is -4.75. The van der Waals surface area contributed by atoms with Gasteiger partial charge in [-0.15, -0.1) is 13.2 Å². The number of hydrogen-bond donors (Lipinski definition) is 1. The summed E-state index contributed by atoms with van der Waals surface area (Å²) in [5, 5.41) is 6.70. The van der Waals surface area contributed by atoms with Gasteiger partial charge in [0.15, 0.2) is 5.65 Å². The first-order valence-electron chi connectivity index (χ1n) is 9.59. The summed E-state index contributed by atoms with van der Waals surface area (Å²) in [5.74, 6) is -0.353. The lowest BCUT2D eigenvalue weighted by Gasteiger charge is -2.13. The maximum atomic E-state index is 12.6. The summed E-state index contributed by atoms with van der Waals surface area (Å²) >= 11 is 0. The molecular weight excluding hydrogens is 442 g/mol. The van der Waals surface area contributed by atoms with Crippen LogP contribution in [-0.4, -0.2) is 32.4 Å². The Bertz CT molecular complexity index is 1270. The van der Waals surface area contributed by atoms with E-state index in [1.54, 1.807) is 22.7 Å². The van der Waals surface area contributed by atoms with Gasteiger partial charge in [-0.3, -0.25) is 4.79 Å². The highest BCUT2D eigenvalue weighted by Gasteiger charge is 2.32. The van der Waals surface area contributed by atoms with Gasteiger partial charge < -0.3 is 10.1 Å². The summed E-state index contributed by atoms with van der Waals surface area (Å²) in [6.07, 6.45) is -3.23. The molecule has 11 heteroatoms. The molecule has 0 radical (unpaired) electrons. The van der Waals surface area contributed by atoms with Crippen LogP contribution < -0.4 is 10.1 Å². The number of hydrogen-bond acceptors (Lipinski definition) is 5. The van der Waals surface area contributed by atoms with Crippen LogP contribution in [0.25, 0.3) is 16.9 Å². The highest BCUT2D eigenvalue weighted by Crippen LogP contribution is 2.33. The summed E-state index contributed by atoms with van der Waals surface area (Å²) in [4.78, 5) is 17.8. The lowest BCUT2D eigenvalue weighted by Crippen LogP contribution is -2.17. The summed E-state index contributed by atoms with van der Waals surface area (Å²) in [6, 6.07) is 10.3. The molecule has 0 spiro atoms.